The van der Waals surface area contributed by atoms with Crippen LogP contribution in [-0.2, 0) is 26.4 Å². The summed E-state index contributed by atoms with van der Waals surface area (Å²) in [5, 5.41) is 7.41. The molecule has 2 aromatic heterocycles. The minimum atomic E-state index is -0.874. The molecule has 1 N–H and O–H groups in total. The van der Waals surface area contributed by atoms with Crippen molar-refractivity contribution in [2.45, 2.75) is 19.4 Å². The fraction of sp³-hybridized carbons (Fsp3) is 0.273. The molecule has 3 heterocycles. The second kappa shape index (κ2) is 8.63. The van der Waals surface area contributed by atoms with Gasteiger partial charge in [0.05, 0.1) is 11.3 Å². The number of nitrogens with zero attached hydrogens (tertiary/aromatic N) is 4. The molecule has 0 saturated carbocycles. The number of carbonyl (C=O) groups is 2. The minimum Gasteiger partial charge on any atom is -0.352 e. The van der Waals surface area contributed by atoms with E-state index in [1.54, 1.807) is 34.1 Å². The molecule has 0 unspecified atom stereocenters. The van der Waals surface area contributed by atoms with Crippen LogP contribution in [0.3, 0.4) is 0 Å². The van der Waals surface area contributed by atoms with Gasteiger partial charge in [-0.2, -0.15) is 5.10 Å². The van der Waals surface area contributed by atoms with Crippen molar-refractivity contribution in [3.8, 4) is 0 Å². The Morgan fingerprint density at radius 2 is 1.94 bits per heavy atom. The Bertz CT molecular complexity index is 1130. The van der Waals surface area contributed by atoms with Gasteiger partial charge in [0.25, 0.3) is 11.8 Å². The van der Waals surface area contributed by atoms with Gasteiger partial charge in [-0.05, 0) is 24.3 Å². The first-order chi connectivity index (χ1) is 14.9. The molecule has 4 rings (SSSR count). The molecule has 9 heteroatoms. The van der Waals surface area contributed by atoms with Crippen LogP contribution < -0.4 is 5.32 Å². The van der Waals surface area contributed by atoms with E-state index in [2.05, 4.69) is 15.4 Å². The van der Waals surface area contributed by atoms with Gasteiger partial charge in [0.15, 0.2) is 0 Å². The number of hydrogen-bond acceptors (Lipinski definition) is 4. The first-order valence-corrected chi connectivity index (χ1v) is 9.90. The van der Waals surface area contributed by atoms with Crippen LogP contribution in [0.2, 0.25) is 0 Å². The standard InChI is InChI=1S/C22H21F2N5O2/c1-28-20-7-11-29(22(31)16-3-2-15(23)12-18(16)24)13-17(20)19(27-28)6-10-26-21(30)14-4-8-25-9-5-14/h2-5,8-9,12H,6-7,10-11,13H2,1H3,(H,26,30). The van der Waals surface area contributed by atoms with Crippen molar-refractivity contribution < 1.29 is 18.4 Å². The predicted octanol–water partition coefficient (Wildman–Crippen LogP) is 2.26. The maximum Gasteiger partial charge on any atom is 0.257 e. The lowest BCUT2D eigenvalue weighted by atomic mass is 10.0. The van der Waals surface area contributed by atoms with E-state index in [1.165, 1.54) is 6.07 Å². The molecule has 0 bridgehead atoms. The van der Waals surface area contributed by atoms with E-state index in [0.717, 1.165) is 23.0 Å². The molecular formula is C22H21F2N5O2. The molecule has 1 aromatic carbocycles. The molecule has 0 aliphatic carbocycles. The number of hydrogen-bond donors (Lipinski definition) is 1. The summed E-state index contributed by atoms with van der Waals surface area (Å²) in [5.41, 5.74) is 3.07. The topological polar surface area (TPSA) is 80.1 Å². The lowest BCUT2D eigenvalue weighted by Crippen LogP contribution is -2.37. The van der Waals surface area contributed by atoms with E-state index in [4.69, 9.17) is 0 Å². The van der Waals surface area contributed by atoms with Crippen LogP contribution >= 0.6 is 0 Å². The summed E-state index contributed by atoms with van der Waals surface area (Å²) in [7, 11) is 1.84. The zero-order valence-electron chi connectivity index (χ0n) is 16.9. The van der Waals surface area contributed by atoms with Crippen LogP contribution in [0.4, 0.5) is 8.78 Å². The molecule has 2 amide bonds. The molecule has 160 valence electrons. The third kappa shape index (κ3) is 4.30. The van der Waals surface area contributed by atoms with Crippen molar-refractivity contribution in [2.24, 2.45) is 7.05 Å². The van der Waals surface area contributed by atoms with Crippen LogP contribution in [0, 0.1) is 11.6 Å². The summed E-state index contributed by atoms with van der Waals surface area (Å²) < 4.78 is 29.0. The Kier molecular flexibility index (Phi) is 5.75. The molecule has 0 spiro atoms. The summed E-state index contributed by atoms with van der Waals surface area (Å²) >= 11 is 0. The monoisotopic (exact) mass is 425 g/mol. The predicted molar refractivity (Wildman–Crippen MR) is 108 cm³/mol. The number of amides is 2. The summed E-state index contributed by atoms with van der Waals surface area (Å²) in [5.74, 6) is -2.28. The van der Waals surface area contributed by atoms with Gasteiger partial charge < -0.3 is 10.2 Å². The van der Waals surface area contributed by atoms with Crippen molar-refractivity contribution in [1.29, 1.82) is 0 Å². The molecule has 31 heavy (non-hydrogen) atoms. The lowest BCUT2D eigenvalue weighted by Gasteiger charge is -2.28. The Balaban J connectivity index is 1.45. The Hall–Kier alpha value is -3.62. The van der Waals surface area contributed by atoms with Crippen LogP contribution in [0.1, 0.15) is 37.7 Å². The van der Waals surface area contributed by atoms with Crippen molar-refractivity contribution in [2.75, 3.05) is 13.1 Å². The second-order valence-electron chi connectivity index (χ2n) is 7.34. The van der Waals surface area contributed by atoms with Crippen LogP contribution in [0.15, 0.2) is 42.7 Å². The fourth-order valence-corrected chi connectivity index (χ4v) is 3.78. The van der Waals surface area contributed by atoms with Crippen molar-refractivity contribution in [1.82, 2.24) is 25.0 Å². The maximum absolute atomic E-state index is 14.1. The second-order valence-corrected chi connectivity index (χ2v) is 7.34. The molecule has 0 radical (unpaired) electrons. The average molecular weight is 425 g/mol. The van der Waals surface area contributed by atoms with E-state index >= 15 is 0 Å². The molecule has 3 aromatic rings. The quantitative estimate of drug-likeness (QED) is 0.680. The number of fused-ring (bicyclic) bond motifs is 1. The van der Waals surface area contributed by atoms with Gasteiger partial charge in [0.1, 0.15) is 11.6 Å². The van der Waals surface area contributed by atoms with Crippen molar-refractivity contribution >= 4 is 11.8 Å². The number of aromatic nitrogens is 3. The van der Waals surface area contributed by atoms with E-state index in [-0.39, 0.29) is 18.0 Å². The SMILES string of the molecule is Cn1nc(CCNC(=O)c2ccncc2)c2c1CCN(C(=O)c1ccc(F)cc1F)C2. The number of carbonyl (C=O) groups excluding carboxylic acids is 2. The largest absolute Gasteiger partial charge is 0.352 e. The van der Waals surface area contributed by atoms with E-state index < -0.39 is 17.5 Å². The number of pyridine rings is 1. The molecule has 7 nitrogen and oxygen atoms in total. The van der Waals surface area contributed by atoms with E-state index in [0.29, 0.717) is 37.6 Å². The number of benzene rings is 1. The van der Waals surface area contributed by atoms with Crippen LogP contribution in [0.25, 0.3) is 0 Å². The smallest absolute Gasteiger partial charge is 0.257 e. The normalized spacial score (nSPS) is 13.1. The summed E-state index contributed by atoms with van der Waals surface area (Å²) in [6, 6.07) is 6.23. The molecule has 1 aliphatic rings. The summed E-state index contributed by atoms with van der Waals surface area (Å²) in [6.07, 6.45) is 4.18. The fourth-order valence-electron chi connectivity index (χ4n) is 3.78. The van der Waals surface area contributed by atoms with Gasteiger partial charge in [0, 0.05) is 74.8 Å². The van der Waals surface area contributed by atoms with Gasteiger partial charge in [-0.1, -0.05) is 0 Å². The molecular weight excluding hydrogens is 404 g/mol. The van der Waals surface area contributed by atoms with Crippen molar-refractivity contribution in [3.63, 3.8) is 0 Å². The number of halogens is 2. The first kappa shape index (κ1) is 20.6. The lowest BCUT2D eigenvalue weighted by molar-refractivity contribution is 0.0728. The number of aryl methyl sites for hydroxylation is 1. The zero-order chi connectivity index (χ0) is 22.0. The van der Waals surface area contributed by atoms with Gasteiger partial charge in [-0.25, -0.2) is 8.78 Å². The van der Waals surface area contributed by atoms with E-state index in [1.807, 2.05) is 7.05 Å². The molecule has 0 fully saturated rings. The highest BCUT2D eigenvalue weighted by Crippen LogP contribution is 2.24. The van der Waals surface area contributed by atoms with Gasteiger partial charge in [-0.3, -0.25) is 19.3 Å². The number of nitrogens with one attached hydrogen (secondary N) is 1. The van der Waals surface area contributed by atoms with Crippen LogP contribution in [-0.4, -0.2) is 44.6 Å². The molecule has 0 atom stereocenters. The third-order valence-electron chi connectivity index (χ3n) is 5.36. The van der Waals surface area contributed by atoms with Crippen LogP contribution in [0.5, 0.6) is 0 Å². The highest BCUT2D eigenvalue weighted by atomic mass is 19.1. The highest BCUT2D eigenvalue weighted by molar-refractivity contribution is 5.95. The van der Waals surface area contributed by atoms with Gasteiger partial charge >= 0.3 is 0 Å². The third-order valence-corrected chi connectivity index (χ3v) is 5.36. The zero-order valence-corrected chi connectivity index (χ0v) is 16.9. The summed E-state index contributed by atoms with van der Waals surface area (Å²) in [4.78, 5) is 30.4. The average Bonchev–Trinajstić information content (AvgIpc) is 3.09. The van der Waals surface area contributed by atoms with Gasteiger partial charge in [-0.15, -0.1) is 0 Å². The maximum atomic E-state index is 14.1. The highest BCUT2D eigenvalue weighted by Gasteiger charge is 2.28. The minimum absolute atomic E-state index is 0.153. The van der Waals surface area contributed by atoms with Crippen molar-refractivity contribution in [3.05, 3.63) is 82.4 Å². The Morgan fingerprint density at radius 1 is 1.16 bits per heavy atom. The number of rotatable bonds is 5. The molecule has 1 aliphatic heterocycles. The van der Waals surface area contributed by atoms with Gasteiger partial charge in [0.2, 0.25) is 0 Å². The Labute approximate surface area is 177 Å². The Morgan fingerprint density at radius 3 is 2.68 bits per heavy atom. The first-order valence-electron chi connectivity index (χ1n) is 9.90. The molecule has 0 saturated heterocycles. The van der Waals surface area contributed by atoms with E-state index in [9.17, 15) is 18.4 Å². The summed E-state index contributed by atoms with van der Waals surface area (Å²) in [6.45, 7) is 1.08.